The molecule has 1 heterocycles. The van der Waals surface area contributed by atoms with Gasteiger partial charge in [-0.1, -0.05) is 0 Å². The number of carboxylic acids is 1. The highest BCUT2D eigenvalue weighted by molar-refractivity contribution is 5.88. The van der Waals surface area contributed by atoms with Crippen LogP contribution in [0.4, 0.5) is 0 Å². The number of ether oxygens (including phenoxy) is 3. The lowest BCUT2D eigenvalue weighted by atomic mass is 10.2. The highest BCUT2D eigenvalue weighted by Gasteiger charge is 2.08. The Bertz CT molecular complexity index is 394. The Labute approximate surface area is 106 Å². The van der Waals surface area contributed by atoms with Crippen LogP contribution >= 0.6 is 0 Å². The van der Waals surface area contributed by atoms with Crippen molar-refractivity contribution in [3.05, 3.63) is 23.4 Å². The van der Waals surface area contributed by atoms with E-state index in [0.717, 1.165) is 0 Å². The van der Waals surface area contributed by atoms with Crippen LogP contribution < -0.4 is 4.74 Å². The second kappa shape index (κ2) is 7.62. The summed E-state index contributed by atoms with van der Waals surface area (Å²) in [6, 6.07) is 3.01. The Morgan fingerprint density at radius 2 is 2.00 bits per heavy atom. The summed E-state index contributed by atoms with van der Waals surface area (Å²) in [7, 11) is 1.61. The van der Waals surface area contributed by atoms with Gasteiger partial charge in [-0.15, -0.1) is 0 Å². The minimum atomic E-state index is -0.991. The zero-order chi connectivity index (χ0) is 13.4. The fraction of sp³-hybridized carbons (Fsp3) is 0.500. The predicted octanol–water partition coefficient (Wildman–Crippen LogP) is 1.13. The van der Waals surface area contributed by atoms with Crippen molar-refractivity contribution >= 4 is 5.97 Å². The van der Waals surface area contributed by atoms with Crippen LogP contribution in [-0.4, -0.2) is 49.6 Å². The Morgan fingerprint density at radius 3 is 2.61 bits per heavy atom. The minimum absolute atomic E-state index is 0.179. The molecule has 0 amide bonds. The normalized spacial score (nSPS) is 10.3. The smallest absolute Gasteiger partial charge is 0.337 e. The average Bonchev–Trinajstić information content (AvgIpc) is 2.33. The molecule has 0 saturated carbocycles. The van der Waals surface area contributed by atoms with Gasteiger partial charge in [0.2, 0.25) is 5.88 Å². The molecule has 0 spiro atoms. The van der Waals surface area contributed by atoms with E-state index in [1.807, 2.05) is 0 Å². The number of methoxy groups -OCH3 is 1. The molecule has 6 nitrogen and oxygen atoms in total. The molecule has 6 heteroatoms. The standard InChI is InChI=1S/C12H17NO5/c1-9-10(12(14)15)3-4-11(13-9)18-8-7-17-6-5-16-2/h3-4H,5-8H2,1-2H3,(H,14,15). The third kappa shape index (κ3) is 4.68. The minimum Gasteiger partial charge on any atom is -0.478 e. The number of carboxylic acid groups (broad SMARTS) is 1. The van der Waals surface area contributed by atoms with Crippen molar-refractivity contribution in [2.75, 3.05) is 33.5 Å². The molecule has 0 atom stereocenters. The first-order chi connectivity index (χ1) is 8.65. The molecule has 0 unspecified atom stereocenters. The lowest BCUT2D eigenvalue weighted by Crippen LogP contribution is -2.11. The Kier molecular flexibility index (Phi) is 6.10. The van der Waals surface area contributed by atoms with Crippen LogP contribution in [0.1, 0.15) is 16.1 Å². The fourth-order valence-corrected chi connectivity index (χ4v) is 1.29. The summed E-state index contributed by atoms with van der Waals surface area (Å²) in [6.07, 6.45) is 0. The van der Waals surface area contributed by atoms with E-state index in [-0.39, 0.29) is 5.56 Å². The van der Waals surface area contributed by atoms with Crippen molar-refractivity contribution < 1.29 is 24.1 Å². The summed E-state index contributed by atoms with van der Waals surface area (Å²) in [4.78, 5) is 14.8. The Balaban J connectivity index is 2.35. The number of carbonyl (C=O) groups is 1. The van der Waals surface area contributed by atoms with Gasteiger partial charge in [0, 0.05) is 13.2 Å². The molecule has 0 aliphatic carbocycles. The SMILES string of the molecule is COCCOCCOc1ccc(C(=O)O)c(C)n1. The van der Waals surface area contributed by atoms with Gasteiger partial charge < -0.3 is 19.3 Å². The van der Waals surface area contributed by atoms with Crippen LogP contribution in [0.2, 0.25) is 0 Å². The van der Waals surface area contributed by atoms with Crippen molar-refractivity contribution in [2.45, 2.75) is 6.92 Å². The van der Waals surface area contributed by atoms with Crippen LogP contribution in [0.3, 0.4) is 0 Å². The largest absolute Gasteiger partial charge is 0.478 e. The predicted molar refractivity (Wildman–Crippen MR) is 64.1 cm³/mol. The summed E-state index contributed by atoms with van der Waals surface area (Å²) < 4.78 is 15.4. The van der Waals surface area contributed by atoms with E-state index in [0.29, 0.717) is 38.0 Å². The maximum atomic E-state index is 10.8. The molecule has 0 saturated heterocycles. The highest BCUT2D eigenvalue weighted by Crippen LogP contribution is 2.12. The summed E-state index contributed by atoms with van der Waals surface area (Å²) in [5, 5.41) is 8.84. The summed E-state index contributed by atoms with van der Waals surface area (Å²) in [5.74, 6) is -0.595. The molecule has 0 aliphatic rings. The van der Waals surface area contributed by atoms with Gasteiger partial charge in [0.1, 0.15) is 6.61 Å². The van der Waals surface area contributed by atoms with Gasteiger partial charge in [-0.3, -0.25) is 0 Å². The Hall–Kier alpha value is -1.66. The number of rotatable bonds is 8. The third-order valence-electron chi connectivity index (χ3n) is 2.20. The molecule has 1 aromatic rings. The zero-order valence-electron chi connectivity index (χ0n) is 10.5. The number of nitrogens with zero attached hydrogens (tertiary/aromatic N) is 1. The zero-order valence-corrected chi connectivity index (χ0v) is 10.5. The molecular weight excluding hydrogens is 238 g/mol. The van der Waals surface area contributed by atoms with Crippen LogP contribution in [0.15, 0.2) is 12.1 Å². The van der Waals surface area contributed by atoms with Crippen molar-refractivity contribution in [3.8, 4) is 5.88 Å². The molecule has 1 N–H and O–H groups in total. The Morgan fingerprint density at radius 1 is 1.28 bits per heavy atom. The second-order valence-electron chi connectivity index (χ2n) is 3.54. The topological polar surface area (TPSA) is 77.9 Å². The molecule has 1 rings (SSSR count). The van der Waals surface area contributed by atoms with Gasteiger partial charge in [0.05, 0.1) is 31.1 Å². The highest BCUT2D eigenvalue weighted by atomic mass is 16.5. The number of hydrogen-bond donors (Lipinski definition) is 1. The van der Waals surface area contributed by atoms with Gasteiger partial charge in [-0.05, 0) is 13.0 Å². The first kappa shape index (κ1) is 14.4. The molecule has 18 heavy (non-hydrogen) atoms. The molecule has 0 aliphatic heterocycles. The lowest BCUT2D eigenvalue weighted by Gasteiger charge is -2.07. The number of aromatic nitrogens is 1. The van der Waals surface area contributed by atoms with Gasteiger partial charge >= 0.3 is 5.97 Å². The number of pyridine rings is 1. The van der Waals surface area contributed by atoms with E-state index in [9.17, 15) is 4.79 Å². The maximum absolute atomic E-state index is 10.8. The van der Waals surface area contributed by atoms with Crippen LogP contribution in [-0.2, 0) is 9.47 Å². The monoisotopic (exact) mass is 255 g/mol. The van der Waals surface area contributed by atoms with Crippen LogP contribution in [0.5, 0.6) is 5.88 Å². The number of aromatic carboxylic acids is 1. The van der Waals surface area contributed by atoms with Crippen molar-refractivity contribution in [1.82, 2.24) is 4.98 Å². The first-order valence-corrected chi connectivity index (χ1v) is 5.55. The lowest BCUT2D eigenvalue weighted by molar-refractivity contribution is 0.0536. The molecule has 1 aromatic heterocycles. The van der Waals surface area contributed by atoms with Gasteiger partial charge in [0.15, 0.2) is 0 Å². The van der Waals surface area contributed by atoms with Gasteiger partial charge in [-0.2, -0.15) is 0 Å². The van der Waals surface area contributed by atoms with E-state index in [4.69, 9.17) is 19.3 Å². The van der Waals surface area contributed by atoms with Crippen molar-refractivity contribution in [3.63, 3.8) is 0 Å². The molecule has 0 aromatic carbocycles. The van der Waals surface area contributed by atoms with E-state index >= 15 is 0 Å². The summed E-state index contributed by atoms with van der Waals surface area (Å²) in [5.41, 5.74) is 0.610. The second-order valence-corrected chi connectivity index (χ2v) is 3.54. The van der Waals surface area contributed by atoms with Gasteiger partial charge in [-0.25, -0.2) is 9.78 Å². The fourth-order valence-electron chi connectivity index (χ4n) is 1.29. The summed E-state index contributed by atoms with van der Waals surface area (Å²) >= 11 is 0. The number of hydrogen-bond acceptors (Lipinski definition) is 5. The average molecular weight is 255 g/mol. The maximum Gasteiger partial charge on any atom is 0.337 e. The molecule has 0 radical (unpaired) electrons. The van der Waals surface area contributed by atoms with Gasteiger partial charge in [0.25, 0.3) is 0 Å². The quantitative estimate of drug-likeness (QED) is 0.702. The molecule has 0 fully saturated rings. The summed E-state index contributed by atoms with van der Waals surface area (Å²) in [6.45, 7) is 3.49. The first-order valence-electron chi connectivity index (χ1n) is 5.55. The van der Waals surface area contributed by atoms with Crippen LogP contribution in [0.25, 0.3) is 0 Å². The van der Waals surface area contributed by atoms with Crippen LogP contribution in [0, 0.1) is 6.92 Å². The van der Waals surface area contributed by atoms with E-state index in [1.54, 1.807) is 14.0 Å². The van der Waals surface area contributed by atoms with Crippen molar-refractivity contribution in [1.29, 1.82) is 0 Å². The van der Waals surface area contributed by atoms with E-state index < -0.39 is 5.97 Å². The van der Waals surface area contributed by atoms with Crippen molar-refractivity contribution in [2.24, 2.45) is 0 Å². The van der Waals surface area contributed by atoms with E-state index in [2.05, 4.69) is 4.98 Å². The van der Waals surface area contributed by atoms with E-state index in [1.165, 1.54) is 12.1 Å². The number of aryl methyl sites for hydroxylation is 1. The molecular formula is C12H17NO5. The third-order valence-corrected chi connectivity index (χ3v) is 2.20. The molecule has 100 valence electrons. The molecule has 0 bridgehead atoms.